The third-order valence-corrected chi connectivity index (χ3v) is 4.29. The second kappa shape index (κ2) is 7.33. The average molecular weight is 335 g/mol. The summed E-state index contributed by atoms with van der Waals surface area (Å²) in [7, 11) is 1.36. The Kier molecular flexibility index (Phi) is 5.46. The summed E-state index contributed by atoms with van der Waals surface area (Å²) in [5.74, 6) is 0.277. The molecule has 0 amide bonds. The van der Waals surface area contributed by atoms with Crippen molar-refractivity contribution in [1.29, 1.82) is 0 Å². The van der Waals surface area contributed by atoms with Gasteiger partial charge in [0.1, 0.15) is 10.8 Å². The van der Waals surface area contributed by atoms with Crippen molar-refractivity contribution in [3.05, 3.63) is 40.4 Å². The van der Waals surface area contributed by atoms with Crippen LogP contribution in [0.3, 0.4) is 0 Å². The molecule has 116 valence electrons. The second-order valence-corrected chi connectivity index (χ2v) is 6.09. The van der Waals surface area contributed by atoms with Gasteiger partial charge in [0.05, 0.1) is 12.7 Å². The van der Waals surface area contributed by atoms with Crippen LogP contribution in [0.2, 0.25) is 0 Å². The van der Waals surface area contributed by atoms with E-state index in [1.165, 1.54) is 18.4 Å². The van der Waals surface area contributed by atoms with Crippen molar-refractivity contribution in [2.45, 2.75) is 20.3 Å². The molecule has 2 heterocycles. The van der Waals surface area contributed by atoms with Crippen LogP contribution in [-0.2, 0) is 11.2 Å². The molecule has 0 spiro atoms. The molecule has 0 aromatic carbocycles. The zero-order valence-electron chi connectivity index (χ0n) is 12.6. The predicted molar refractivity (Wildman–Crippen MR) is 93.9 cm³/mol. The summed E-state index contributed by atoms with van der Waals surface area (Å²) in [5.41, 5.74) is 1.39. The average Bonchev–Trinajstić information content (AvgIpc) is 2.89. The Morgan fingerprint density at radius 2 is 2.18 bits per heavy atom. The summed E-state index contributed by atoms with van der Waals surface area (Å²) in [6, 6.07) is 7.46. The van der Waals surface area contributed by atoms with Gasteiger partial charge in [0.2, 0.25) is 0 Å². The minimum atomic E-state index is -0.380. The lowest BCUT2D eigenvalue weighted by Gasteiger charge is -2.10. The normalized spacial score (nSPS) is 10.1. The number of aromatic nitrogens is 1. The molecule has 0 unspecified atom stereocenters. The zero-order chi connectivity index (χ0) is 16.1. The first-order valence-corrected chi connectivity index (χ1v) is 7.98. The number of anilines is 2. The van der Waals surface area contributed by atoms with Crippen molar-refractivity contribution in [2.24, 2.45) is 0 Å². The number of ether oxygens (including phenoxy) is 1. The number of hydrogen-bond acceptors (Lipinski definition) is 5. The number of nitrogens with zero attached hydrogens (tertiary/aromatic N) is 1. The molecule has 2 aromatic heterocycles. The number of hydrogen-bond donors (Lipinski definition) is 2. The molecule has 2 aromatic rings. The molecule has 2 rings (SSSR count). The van der Waals surface area contributed by atoms with Gasteiger partial charge < -0.3 is 15.4 Å². The fraction of sp³-hybridized carbons (Fsp3) is 0.267. The lowest BCUT2D eigenvalue weighted by molar-refractivity contribution is 0.0602. The highest BCUT2D eigenvalue weighted by Gasteiger charge is 2.17. The van der Waals surface area contributed by atoms with Crippen LogP contribution in [-0.4, -0.2) is 23.2 Å². The fourth-order valence-corrected chi connectivity index (χ4v) is 3.09. The number of methoxy groups -OCH3 is 1. The maximum absolute atomic E-state index is 11.8. The van der Waals surface area contributed by atoms with E-state index in [0.29, 0.717) is 21.5 Å². The second-order valence-electron chi connectivity index (χ2n) is 4.54. The Morgan fingerprint density at radius 1 is 1.41 bits per heavy atom. The number of aryl methyl sites for hydroxylation is 2. The molecule has 0 aliphatic heterocycles. The molecule has 0 atom stereocenters. The molecule has 0 saturated heterocycles. The van der Waals surface area contributed by atoms with Crippen LogP contribution >= 0.6 is 23.6 Å². The number of pyridine rings is 1. The molecule has 22 heavy (non-hydrogen) atoms. The monoisotopic (exact) mass is 335 g/mol. The van der Waals surface area contributed by atoms with Crippen molar-refractivity contribution < 1.29 is 9.53 Å². The number of nitrogens with one attached hydrogen (secondary N) is 2. The standard InChI is InChI=1S/C15H17N3O2S2/c1-4-10-8-11(14(19)20-3)13(22-10)18-15(21)17-12-7-5-6-9(2)16-12/h5-8H,4H2,1-3H3,(H2,16,17,18,21). The molecular weight excluding hydrogens is 318 g/mol. The van der Waals surface area contributed by atoms with Gasteiger partial charge in [-0.3, -0.25) is 0 Å². The number of rotatable bonds is 4. The lowest BCUT2D eigenvalue weighted by atomic mass is 10.2. The van der Waals surface area contributed by atoms with E-state index in [9.17, 15) is 4.79 Å². The molecule has 0 bridgehead atoms. The van der Waals surface area contributed by atoms with Gasteiger partial charge in [-0.25, -0.2) is 9.78 Å². The number of thiophene rings is 1. The summed E-state index contributed by atoms with van der Waals surface area (Å²) < 4.78 is 4.80. The van der Waals surface area contributed by atoms with E-state index >= 15 is 0 Å². The van der Waals surface area contributed by atoms with E-state index in [0.717, 1.165) is 17.0 Å². The first kappa shape index (κ1) is 16.4. The summed E-state index contributed by atoms with van der Waals surface area (Å²) in [4.78, 5) is 17.2. The minimum absolute atomic E-state index is 0.380. The van der Waals surface area contributed by atoms with Crippen LogP contribution in [0.25, 0.3) is 0 Å². The minimum Gasteiger partial charge on any atom is -0.465 e. The van der Waals surface area contributed by atoms with Crippen LogP contribution in [0.1, 0.15) is 27.9 Å². The third-order valence-electron chi connectivity index (χ3n) is 2.89. The van der Waals surface area contributed by atoms with Crippen molar-refractivity contribution in [3.8, 4) is 0 Å². The highest BCUT2D eigenvalue weighted by Crippen LogP contribution is 2.29. The number of esters is 1. The molecule has 2 N–H and O–H groups in total. The maximum Gasteiger partial charge on any atom is 0.340 e. The van der Waals surface area contributed by atoms with Gasteiger partial charge in [-0.1, -0.05) is 13.0 Å². The summed E-state index contributed by atoms with van der Waals surface area (Å²) in [6.07, 6.45) is 0.843. The topological polar surface area (TPSA) is 63.2 Å². The van der Waals surface area contributed by atoms with Crippen molar-refractivity contribution >= 4 is 45.5 Å². The van der Waals surface area contributed by atoms with Crippen molar-refractivity contribution in [3.63, 3.8) is 0 Å². The van der Waals surface area contributed by atoms with Crippen LogP contribution in [0.5, 0.6) is 0 Å². The van der Waals surface area contributed by atoms with Crippen LogP contribution in [0.15, 0.2) is 24.3 Å². The van der Waals surface area contributed by atoms with Gasteiger partial charge in [0.25, 0.3) is 0 Å². The SMILES string of the molecule is CCc1cc(C(=O)OC)c(NC(=S)Nc2cccc(C)n2)s1. The lowest BCUT2D eigenvalue weighted by Crippen LogP contribution is -2.20. The van der Waals surface area contributed by atoms with E-state index in [4.69, 9.17) is 17.0 Å². The van der Waals surface area contributed by atoms with E-state index in [1.54, 1.807) is 0 Å². The number of carbonyl (C=O) groups excluding carboxylic acids is 1. The van der Waals surface area contributed by atoms with Gasteiger partial charge in [-0.2, -0.15) is 0 Å². The first-order valence-electron chi connectivity index (χ1n) is 6.76. The van der Waals surface area contributed by atoms with E-state index in [-0.39, 0.29) is 5.97 Å². The third kappa shape index (κ3) is 4.02. The van der Waals surface area contributed by atoms with E-state index < -0.39 is 0 Å². The highest BCUT2D eigenvalue weighted by atomic mass is 32.1. The molecule has 0 radical (unpaired) electrons. The van der Waals surface area contributed by atoms with E-state index in [2.05, 4.69) is 15.6 Å². The highest BCUT2D eigenvalue weighted by molar-refractivity contribution is 7.80. The first-order chi connectivity index (χ1) is 10.5. The van der Waals surface area contributed by atoms with Crippen molar-refractivity contribution in [2.75, 3.05) is 17.7 Å². The molecule has 5 nitrogen and oxygen atoms in total. The summed E-state index contributed by atoms with van der Waals surface area (Å²) in [6.45, 7) is 3.94. The van der Waals surface area contributed by atoms with Gasteiger partial charge >= 0.3 is 5.97 Å². The number of carbonyl (C=O) groups is 1. The molecule has 0 saturated carbocycles. The Hall–Kier alpha value is -1.99. The van der Waals surface area contributed by atoms with Crippen LogP contribution in [0.4, 0.5) is 10.8 Å². The molecule has 7 heteroatoms. The molecule has 0 aliphatic rings. The Morgan fingerprint density at radius 3 is 2.82 bits per heavy atom. The fourth-order valence-electron chi connectivity index (χ4n) is 1.83. The Bertz CT molecular complexity index is 698. The number of thiocarbonyl (C=S) groups is 1. The van der Waals surface area contributed by atoms with Crippen LogP contribution in [0, 0.1) is 6.92 Å². The maximum atomic E-state index is 11.8. The van der Waals surface area contributed by atoms with Gasteiger partial charge in [0, 0.05) is 10.6 Å². The predicted octanol–water partition coefficient (Wildman–Crippen LogP) is 3.61. The van der Waals surface area contributed by atoms with Crippen LogP contribution < -0.4 is 10.6 Å². The molecule has 0 aliphatic carbocycles. The van der Waals surface area contributed by atoms with E-state index in [1.807, 2.05) is 38.1 Å². The molecular formula is C15H17N3O2S2. The quantitative estimate of drug-likeness (QED) is 0.657. The Balaban J connectivity index is 2.14. The summed E-state index contributed by atoms with van der Waals surface area (Å²) >= 11 is 6.77. The van der Waals surface area contributed by atoms with Crippen molar-refractivity contribution in [1.82, 2.24) is 4.98 Å². The largest absolute Gasteiger partial charge is 0.465 e. The van der Waals surface area contributed by atoms with Gasteiger partial charge in [-0.15, -0.1) is 11.3 Å². The van der Waals surface area contributed by atoms with Gasteiger partial charge in [0.15, 0.2) is 5.11 Å². The summed E-state index contributed by atoms with van der Waals surface area (Å²) in [5, 5.41) is 7.11. The zero-order valence-corrected chi connectivity index (χ0v) is 14.2. The Labute approximate surface area is 138 Å². The van der Waals surface area contributed by atoms with Gasteiger partial charge in [-0.05, 0) is 43.8 Å². The molecule has 0 fully saturated rings. The smallest absolute Gasteiger partial charge is 0.340 e.